The van der Waals surface area contributed by atoms with Gasteiger partial charge in [0.25, 0.3) is 0 Å². The van der Waals surface area contributed by atoms with E-state index in [2.05, 4.69) is 10.6 Å². The van der Waals surface area contributed by atoms with Gasteiger partial charge in [-0.25, -0.2) is 4.79 Å². The van der Waals surface area contributed by atoms with E-state index < -0.39 is 12.2 Å². The predicted molar refractivity (Wildman–Crippen MR) is 67.3 cm³/mol. The van der Waals surface area contributed by atoms with Crippen molar-refractivity contribution in [2.24, 2.45) is 0 Å². The molecule has 1 heterocycles. The van der Waals surface area contributed by atoms with Crippen LogP contribution in [-0.4, -0.2) is 53.7 Å². The highest BCUT2D eigenvalue weighted by molar-refractivity contribution is 5.74. The highest BCUT2D eigenvalue weighted by atomic mass is 16.5. The summed E-state index contributed by atoms with van der Waals surface area (Å²) in [6.07, 6.45) is 0.978. The van der Waals surface area contributed by atoms with Crippen LogP contribution in [0.4, 0.5) is 4.79 Å². The van der Waals surface area contributed by atoms with Crippen molar-refractivity contribution in [1.82, 2.24) is 10.6 Å². The Labute approximate surface area is 108 Å². The van der Waals surface area contributed by atoms with Crippen molar-refractivity contribution in [3.05, 3.63) is 0 Å². The number of nitrogens with one attached hydrogen (secondary N) is 2. The SMILES string of the molecule is CC(C)NC(=O)NC[C@H]1O[C@H](CCO)CC[C@@H]1O. The molecule has 1 saturated heterocycles. The van der Waals surface area contributed by atoms with E-state index >= 15 is 0 Å². The first kappa shape index (κ1) is 15.2. The molecule has 3 atom stereocenters. The van der Waals surface area contributed by atoms with Crippen molar-refractivity contribution < 1.29 is 19.7 Å². The van der Waals surface area contributed by atoms with Crippen molar-refractivity contribution in [2.75, 3.05) is 13.2 Å². The number of amides is 2. The fourth-order valence-corrected chi connectivity index (χ4v) is 2.00. The summed E-state index contributed by atoms with van der Waals surface area (Å²) in [6, 6.07) is -0.186. The molecule has 1 aliphatic heterocycles. The van der Waals surface area contributed by atoms with E-state index in [4.69, 9.17) is 9.84 Å². The maximum atomic E-state index is 11.4. The lowest BCUT2D eigenvalue weighted by atomic mass is 9.99. The van der Waals surface area contributed by atoms with Gasteiger partial charge in [-0.05, 0) is 33.1 Å². The molecule has 0 aliphatic carbocycles. The number of aliphatic hydroxyl groups is 2. The molecule has 0 saturated carbocycles. The zero-order valence-corrected chi connectivity index (χ0v) is 11.1. The third-order valence-electron chi connectivity index (χ3n) is 2.92. The second-order valence-electron chi connectivity index (χ2n) is 4.96. The Morgan fingerprint density at radius 1 is 1.44 bits per heavy atom. The van der Waals surface area contributed by atoms with Gasteiger partial charge in [-0.2, -0.15) is 0 Å². The van der Waals surface area contributed by atoms with E-state index in [0.717, 1.165) is 6.42 Å². The summed E-state index contributed by atoms with van der Waals surface area (Å²) in [6.45, 7) is 4.11. The van der Waals surface area contributed by atoms with E-state index in [1.807, 2.05) is 13.8 Å². The highest BCUT2D eigenvalue weighted by Crippen LogP contribution is 2.21. The monoisotopic (exact) mass is 260 g/mol. The molecule has 106 valence electrons. The molecule has 1 aliphatic rings. The van der Waals surface area contributed by atoms with Gasteiger partial charge in [0.15, 0.2) is 0 Å². The Balaban J connectivity index is 2.32. The molecular formula is C12H24N2O4. The molecule has 0 aromatic heterocycles. The van der Waals surface area contributed by atoms with Crippen molar-refractivity contribution in [3.8, 4) is 0 Å². The van der Waals surface area contributed by atoms with E-state index in [1.165, 1.54) is 0 Å². The molecule has 6 heteroatoms. The summed E-state index contributed by atoms with van der Waals surface area (Å²) in [5.74, 6) is 0. The predicted octanol–water partition coefficient (Wildman–Crippen LogP) is -0.0151. The Morgan fingerprint density at radius 2 is 2.17 bits per heavy atom. The normalized spacial score (nSPS) is 28.2. The molecule has 1 fully saturated rings. The van der Waals surface area contributed by atoms with Gasteiger partial charge in [0.1, 0.15) is 6.10 Å². The summed E-state index contributed by atoms with van der Waals surface area (Å²) in [5.41, 5.74) is 0. The number of aliphatic hydroxyl groups excluding tert-OH is 2. The summed E-state index contributed by atoms with van der Waals surface area (Å²) in [7, 11) is 0. The fraction of sp³-hybridized carbons (Fsp3) is 0.917. The number of carbonyl (C=O) groups is 1. The number of hydrogen-bond donors (Lipinski definition) is 4. The Bertz CT molecular complexity index is 260. The lowest BCUT2D eigenvalue weighted by Gasteiger charge is -2.33. The summed E-state index contributed by atoms with van der Waals surface area (Å²) in [4.78, 5) is 11.4. The quantitative estimate of drug-likeness (QED) is 0.559. The number of urea groups is 1. The van der Waals surface area contributed by atoms with Crippen LogP contribution in [-0.2, 0) is 4.74 Å². The summed E-state index contributed by atoms with van der Waals surface area (Å²) < 4.78 is 5.64. The maximum absolute atomic E-state index is 11.4. The second kappa shape index (κ2) is 7.56. The first-order valence-corrected chi connectivity index (χ1v) is 6.51. The van der Waals surface area contributed by atoms with Crippen LogP contribution in [0.25, 0.3) is 0 Å². The van der Waals surface area contributed by atoms with Crippen LogP contribution >= 0.6 is 0 Å². The van der Waals surface area contributed by atoms with E-state index in [0.29, 0.717) is 12.8 Å². The smallest absolute Gasteiger partial charge is 0.315 e. The van der Waals surface area contributed by atoms with Crippen molar-refractivity contribution in [2.45, 2.75) is 57.5 Å². The fourth-order valence-electron chi connectivity index (χ4n) is 2.00. The molecule has 4 N–H and O–H groups in total. The van der Waals surface area contributed by atoms with E-state index in [1.54, 1.807) is 0 Å². The van der Waals surface area contributed by atoms with Crippen LogP contribution in [0.1, 0.15) is 33.1 Å². The largest absolute Gasteiger partial charge is 0.396 e. The molecule has 18 heavy (non-hydrogen) atoms. The standard InChI is InChI=1S/C12H24N2O4/c1-8(2)14-12(17)13-7-11-10(16)4-3-9(18-11)5-6-15/h8-11,15-16H,3-7H2,1-2H3,(H2,13,14,17)/t9-,10-,11+/m0/s1. The van der Waals surface area contributed by atoms with Gasteiger partial charge < -0.3 is 25.6 Å². The van der Waals surface area contributed by atoms with Crippen LogP contribution in [0.3, 0.4) is 0 Å². The molecule has 2 amide bonds. The molecular weight excluding hydrogens is 236 g/mol. The molecule has 0 radical (unpaired) electrons. The Kier molecular flexibility index (Phi) is 6.38. The van der Waals surface area contributed by atoms with Crippen LogP contribution in [0.15, 0.2) is 0 Å². The van der Waals surface area contributed by atoms with Gasteiger partial charge in [-0.15, -0.1) is 0 Å². The van der Waals surface area contributed by atoms with Gasteiger partial charge >= 0.3 is 6.03 Å². The molecule has 0 spiro atoms. The van der Waals surface area contributed by atoms with Crippen LogP contribution < -0.4 is 10.6 Å². The van der Waals surface area contributed by atoms with Gasteiger partial charge in [-0.3, -0.25) is 0 Å². The first-order valence-electron chi connectivity index (χ1n) is 6.51. The van der Waals surface area contributed by atoms with Gasteiger partial charge in [-0.1, -0.05) is 0 Å². The molecule has 1 rings (SSSR count). The molecule has 0 bridgehead atoms. The number of hydrogen-bond acceptors (Lipinski definition) is 4. The van der Waals surface area contributed by atoms with Crippen molar-refractivity contribution in [3.63, 3.8) is 0 Å². The van der Waals surface area contributed by atoms with Crippen LogP contribution in [0.5, 0.6) is 0 Å². The lowest BCUT2D eigenvalue weighted by Crippen LogP contribution is -2.49. The lowest BCUT2D eigenvalue weighted by molar-refractivity contribution is -0.119. The number of ether oxygens (including phenoxy) is 1. The average molecular weight is 260 g/mol. The molecule has 6 nitrogen and oxygen atoms in total. The summed E-state index contributed by atoms with van der Waals surface area (Å²) >= 11 is 0. The van der Waals surface area contributed by atoms with E-state index in [-0.39, 0.29) is 31.3 Å². The minimum absolute atomic E-state index is 0.0293. The van der Waals surface area contributed by atoms with Crippen LogP contribution in [0, 0.1) is 0 Å². The van der Waals surface area contributed by atoms with E-state index in [9.17, 15) is 9.90 Å². The zero-order valence-electron chi connectivity index (χ0n) is 11.1. The molecule has 0 aromatic carbocycles. The highest BCUT2D eigenvalue weighted by Gasteiger charge is 2.29. The van der Waals surface area contributed by atoms with Crippen molar-refractivity contribution >= 4 is 6.03 Å². The van der Waals surface area contributed by atoms with Gasteiger partial charge in [0.2, 0.25) is 0 Å². The molecule has 0 aromatic rings. The maximum Gasteiger partial charge on any atom is 0.315 e. The van der Waals surface area contributed by atoms with Crippen molar-refractivity contribution in [1.29, 1.82) is 0 Å². The third kappa shape index (κ3) is 5.20. The first-order chi connectivity index (χ1) is 8.52. The van der Waals surface area contributed by atoms with Crippen LogP contribution in [0.2, 0.25) is 0 Å². The minimum Gasteiger partial charge on any atom is -0.396 e. The molecule has 0 unspecified atom stereocenters. The minimum atomic E-state index is -0.556. The second-order valence-corrected chi connectivity index (χ2v) is 4.96. The summed E-state index contributed by atoms with van der Waals surface area (Å²) in [5, 5.41) is 24.0. The Morgan fingerprint density at radius 3 is 2.78 bits per heavy atom. The average Bonchev–Trinajstić information content (AvgIpc) is 2.29. The Hall–Kier alpha value is -0.850. The van der Waals surface area contributed by atoms with Gasteiger partial charge in [0, 0.05) is 19.2 Å². The third-order valence-corrected chi connectivity index (χ3v) is 2.92. The number of carbonyl (C=O) groups excluding carboxylic acids is 1. The van der Waals surface area contributed by atoms with Gasteiger partial charge in [0.05, 0.1) is 12.2 Å². The zero-order chi connectivity index (χ0) is 13.5. The topological polar surface area (TPSA) is 90.8 Å². The number of rotatable bonds is 5.